The quantitative estimate of drug-likeness (QED) is 0.780. The number of hydrogen-bond donors (Lipinski definition) is 1. The van der Waals surface area contributed by atoms with Crippen molar-refractivity contribution in [2.24, 2.45) is 11.8 Å². The Bertz CT molecular complexity index is 482. The largest absolute Gasteiger partial charge is 0.445 e. The first-order valence-corrected chi connectivity index (χ1v) is 8.02. The van der Waals surface area contributed by atoms with Crippen LogP contribution in [0.2, 0.25) is 0 Å². The lowest BCUT2D eigenvalue weighted by molar-refractivity contribution is 0.121. The number of amides is 1. The van der Waals surface area contributed by atoms with Gasteiger partial charge in [-0.1, -0.05) is 51.1 Å². The van der Waals surface area contributed by atoms with Crippen LogP contribution >= 0.6 is 0 Å². The maximum atomic E-state index is 12.1. The second kappa shape index (κ2) is 7.14. The Hall–Kier alpha value is -1.55. The van der Waals surface area contributed by atoms with Crippen molar-refractivity contribution in [2.45, 2.75) is 52.4 Å². The van der Waals surface area contributed by atoms with Crippen molar-refractivity contribution in [3.05, 3.63) is 35.9 Å². The highest BCUT2D eigenvalue weighted by molar-refractivity contribution is 5.67. The van der Waals surface area contributed by atoms with Gasteiger partial charge >= 0.3 is 6.09 Å². The molecule has 1 aliphatic heterocycles. The first-order valence-electron chi connectivity index (χ1n) is 8.02. The molecule has 0 unspecified atom stereocenters. The summed E-state index contributed by atoms with van der Waals surface area (Å²) in [5, 5.41) is 3.02. The lowest BCUT2D eigenvalue weighted by atomic mass is 9.85. The zero-order valence-corrected chi connectivity index (χ0v) is 14.0. The lowest BCUT2D eigenvalue weighted by Gasteiger charge is -2.29. The molecule has 1 aromatic rings. The summed E-state index contributed by atoms with van der Waals surface area (Å²) in [6.45, 7) is 9.62. The maximum absolute atomic E-state index is 12.1. The number of carbonyl (C=O) groups is 1. The van der Waals surface area contributed by atoms with Crippen molar-refractivity contribution in [3.8, 4) is 0 Å². The van der Waals surface area contributed by atoms with E-state index < -0.39 is 0 Å². The number of benzene rings is 1. The van der Waals surface area contributed by atoms with Crippen LogP contribution in [0.5, 0.6) is 0 Å². The van der Waals surface area contributed by atoms with Gasteiger partial charge < -0.3 is 14.8 Å². The van der Waals surface area contributed by atoms with E-state index in [-0.39, 0.29) is 23.7 Å². The Morgan fingerprint density at radius 1 is 1.32 bits per heavy atom. The van der Waals surface area contributed by atoms with Crippen molar-refractivity contribution < 1.29 is 14.3 Å². The van der Waals surface area contributed by atoms with Crippen LogP contribution in [0.1, 0.15) is 39.7 Å². The van der Waals surface area contributed by atoms with E-state index in [1.165, 1.54) is 0 Å². The first-order chi connectivity index (χ1) is 10.4. The van der Waals surface area contributed by atoms with E-state index in [2.05, 4.69) is 33.0 Å². The van der Waals surface area contributed by atoms with E-state index in [0.717, 1.165) is 18.6 Å². The van der Waals surface area contributed by atoms with Crippen LogP contribution in [-0.4, -0.2) is 24.3 Å². The minimum atomic E-state index is -0.356. The maximum Gasteiger partial charge on any atom is 0.407 e. The van der Waals surface area contributed by atoms with E-state index in [1.54, 1.807) is 0 Å². The topological polar surface area (TPSA) is 50.9 Å². The molecule has 1 heterocycles. The Morgan fingerprint density at radius 2 is 1.95 bits per heavy atom. The van der Waals surface area contributed by atoms with Gasteiger partial charge in [0.2, 0.25) is 0 Å². The van der Waals surface area contributed by atoms with Gasteiger partial charge in [-0.25, -0.2) is 4.79 Å². The Morgan fingerprint density at radius 3 is 2.50 bits per heavy atom. The van der Waals surface area contributed by atoms with Gasteiger partial charge in [0.05, 0.1) is 12.2 Å². The predicted molar refractivity (Wildman–Crippen MR) is 86.5 cm³/mol. The van der Waals surface area contributed by atoms with Crippen LogP contribution in [0.15, 0.2) is 30.3 Å². The van der Waals surface area contributed by atoms with Gasteiger partial charge in [-0.05, 0) is 24.8 Å². The zero-order valence-electron chi connectivity index (χ0n) is 14.0. The molecule has 22 heavy (non-hydrogen) atoms. The Kier molecular flexibility index (Phi) is 5.46. The summed E-state index contributed by atoms with van der Waals surface area (Å²) in [6, 6.07) is 9.77. The van der Waals surface area contributed by atoms with Crippen molar-refractivity contribution in [1.29, 1.82) is 0 Å². The van der Waals surface area contributed by atoms with E-state index in [9.17, 15) is 4.79 Å². The van der Waals surface area contributed by atoms with Crippen LogP contribution in [0.3, 0.4) is 0 Å². The molecule has 0 radical (unpaired) electrons. The van der Waals surface area contributed by atoms with Gasteiger partial charge in [-0.15, -0.1) is 0 Å². The number of carbonyl (C=O) groups excluding carboxylic acids is 1. The van der Waals surface area contributed by atoms with Crippen LogP contribution in [-0.2, 0) is 16.1 Å². The molecular weight excluding hydrogens is 278 g/mol. The molecule has 1 amide bonds. The molecule has 1 fully saturated rings. The molecule has 0 spiro atoms. The van der Waals surface area contributed by atoms with Gasteiger partial charge in [0.25, 0.3) is 0 Å². The summed E-state index contributed by atoms with van der Waals surface area (Å²) >= 11 is 0. The number of nitrogens with one attached hydrogen (secondary N) is 1. The fraction of sp³-hybridized carbons (Fsp3) is 0.611. The summed E-state index contributed by atoms with van der Waals surface area (Å²) in [4.78, 5) is 12.1. The van der Waals surface area contributed by atoms with Crippen molar-refractivity contribution in [1.82, 2.24) is 5.32 Å². The second-order valence-electron chi connectivity index (χ2n) is 6.83. The molecular formula is C18H27NO3. The predicted octanol–water partition coefficient (Wildman–Crippen LogP) is 3.75. The third-order valence-corrected chi connectivity index (χ3v) is 4.41. The van der Waals surface area contributed by atoms with Crippen LogP contribution in [0.4, 0.5) is 4.79 Å². The van der Waals surface area contributed by atoms with Gasteiger partial charge in [0.1, 0.15) is 6.61 Å². The molecule has 3 atom stereocenters. The highest BCUT2D eigenvalue weighted by Crippen LogP contribution is 2.37. The van der Waals surface area contributed by atoms with Crippen LogP contribution in [0.25, 0.3) is 0 Å². The van der Waals surface area contributed by atoms with Crippen molar-refractivity contribution in [3.63, 3.8) is 0 Å². The summed E-state index contributed by atoms with van der Waals surface area (Å²) in [7, 11) is 0. The molecule has 1 aliphatic rings. The number of rotatable bonds is 7. The van der Waals surface area contributed by atoms with Gasteiger partial charge in [0.15, 0.2) is 0 Å². The normalized spacial score (nSPS) is 23.0. The third kappa shape index (κ3) is 4.73. The lowest BCUT2D eigenvalue weighted by Crippen LogP contribution is -2.45. The summed E-state index contributed by atoms with van der Waals surface area (Å²) in [5.41, 5.74) is 0.885. The highest BCUT2D eigenvalue weighted by atomic mass is 16.6. The van der Waals surface area contributed by atoms with E-state index in [4.69, 9.17) is 9.47 Å². The monoisotopic (exact) mass is 305 g/mol. The molecule has 4 nitrogen and oxygen atoms in total. The number of ether oxygens (including phenoxy) is 2. The number of alkyl carbamates (subject to hydrolysis) is 1. The van der Waals surface area contributed by atoms with E-state index >= 15 is 0 Å². The van der Waals surface area contributed by atoms with E-state index in [1.807, 2.05) is 30.3 Å². The SMILES string of the molecule is CC(C)C[C@H](NC(=O)OCc1ccccc1)[C@@H](C)[C@]1(C)CO1. The molecule has 0 aliphatic carbocycles. The van der Waals surface area contributed by atoms with Gasteiger partial charge in [0, 0.05) is 12.0 Å². The fourth-order valence-electron chi connectivity index (χ4n) is 2.61. The molecule has 1 aromatic carbocycles. The van der Waals surface area contributed by atoms with Gasteiger partial charge in [-0.3, -0.25) is 0 Å². The molecule has 0 bridgehead atoms. The summed E-state index contributed by atoms with van der Waals surface area (Å²) < 4.78 is 10.9. The smallest absolute Gasteiger partial charge is 0.407 e. The second-order valence-corrected chi connectivity index (χ2v) is 6.83. The van der Waals surface area contributed by atoms with Crippen molar-refractivity contribution in [2.75, 3.05) is 6.61 Å². The minimum Gasteiger partial charge on any atom is -0.445 e. The highest BCUT2D eigenvalue weighted by Gasteiger charge is 2.48. The fourth-order valence-corrected chi connectivity index (χ4v) is 2.61. The molecule has 122 valence electrons. The van der Waals surface area contributed by atoms with E-state index in [0.29, 0.717) is 12.5 Å². The molecule has 0 aromatic heterocycles. The average Bonchev–Trinajstić information content (AvgIpc) is 3.23. The summed E-state index contributed by atoms with van der Waals surface area (Å²) in [5.74, 6) is 0.767. The molecule has 2 rings (SSSR count). The standard InChI is InChI=1S/C18H27NO3/c1-13(2)10-16(14(3)18(4)12-22-18)19-17(20)21-11-15-8-6-5-7-9-15/h5-9,13-14,16H,10-12H2,1-4H3,(H,19,20)/t14-,16+,18+/m1/s1. The summed E-state index contributed by atoms with van der Waals surface area (Å²) in [6.07, 6.45) is 0.561. The van der Waals surface area contributed by atoms with Crippen LogP contribution in [0, 0.1) is 11.8 Å². The molecule has 0 saturated carbocycles. The molecule has 1 N–H and O–H groups in total. The number of epoxide rings is 1. The third-order valence-electron chi connectivity index (χ3n) is 4.41. The minimum absolute atomic E-state index is 0.0655. The average molecular weight is 305 g/mol. The van der Waals surface area contributed by atoms with Gasteiger partial charge in [-0.2, -0.15) is 0 Å². The molecule has 4 heteroatoms. The Labute approximate surface area is 133 Å². The zero-order chi connectivity index (χ0) is 16.2. The first kappa shape index (κ1) is 16.8. The van der Waals surface area contributed by atoms with Crippen LogP contribution < -0.4 is 5.32 Å². The van der Waals surface area contributed by atoms with Crippen molar-refractivity contribution >= 4 is 6.09 Å². The number of hydrogen-bond acceptors (Lipinski definition) is 3. The Balaban J connectivity index is 1.87. The molecule has 1 saturated heterocycles.